The Hall–Kier alpha value is -3.68. The van der Waals surface area contributed by atoms with E-state index in [1.807, 2.05) is 55.4 Å². The maximum absolute atomic E-state index is 13.8. The minimum atomic E-state index is -5.16. The number of carbonyl (C=O) groups is 2. The molecule has 1 amide bonds. The Kier molecular flexibility index (Phi) is 8.68. The fourth-order valence-electron chi connectivity index (χ4n) is 5.84. The molecule has 1 saturated heterocycles. The molecule has 5 rings (SSSR count). The van der Waals surface area contributed by atoms with Gasteiger partial charge in [-0.25, -0.2) is 9.78 Å². The summed E-state index contributed by atoms with van der Waals surface area (Å²) in [6, 6.07) is 9.59. The van der Waals surface area contributed by atoms with Crippen LogP contribution in [0, 0.1) is 0 Å². The normalized spacial score (nSPS) is 21.1. The van der Waals surface area contributed by atoms with Crippen molar-refractivity contribution in [2.45, 2.75) is 50.2 Å². The first-order chi connectivity index (χ1) is 20.5. The van der Waals surface area contributed by atoms with E-state index in [1.54, 1.807) is 24.8 Å². The smallest absolute Gasteiger partial charge is 0.452 e. The molecule has 1 fully saturated rings. The Morgan fingerprint density at radius 1 is 1.21 bits per heavy atom. The zero-order valence-electron chi connectivity index (χ0n) is 24.6. The van der Waals surface area contributed by atoms with Gasteiger partial charge in [-0.2, -0.15) is 13.2 Å². The number of nitrogens with zero attached hydrogens (tertiary/aromatic N) is 4. The molecule has 1 aromatic carbocycles. The van der Waals surface area contributed by atoms with Gasteiger partial charge in [0.25, 0.3) is 5.91 Å². The summed E-state index contributed by atoms with van der Waals surface area (Å²) in [7, 11) is 5.14. The van der Waals surface area contributed by atoms with Crippen LogP contribution in [-0.2, 0) is 32.0 Å². The van der Waals surface area contributed by atoms with Crippen molar-refractivity contribution in [1.29, 1.82) is 0 Å². The van der Waals surface area contributed by atoms with Crippen molar-refractivity contribution in [3.05, 3.63) is 65.1 Å². The number of halogens is 3. The number of amides is 1. The number of rotatable bonds is 8. The van der Waals surface area contributed by atoms with E-state index in [9.17, 15) is 22.8 Å². The SMILES string of the molecule is COCCN(C)c1cc([C@@H](C)OC)c2nc(C(=O)N3CC[C@]4(Cc5ccccc5CN4)[C@H](OC(=O)C(F)(F)F)C3)cn2c1. The lowest BCUT2D eigenvalue weighted by molar-refractivity contribution is -0.211. The van der Waals surface area contributed by atoms with E-state index in [0.29, 0.717) is 31.8 Å². The zero-order chi connectivity index (χ0) is 30.9. The number of alkyl halides is 3. The second-order valence-electron chi connectivity index (χ2n) is 11.2. The number of likely N-dealkylation sites (N-methyl/N-ethyl adjacent to an activating group) is 1. The first kappa shape index (κ1) is 30.8. The van der Waals surface area contributed by atoms with E-state index >= 15 is 0 Å². The number of methoxy groups -OCH3 is 2. The molecule has 10 nitrogen and oxygen atoms in total. The number of hydrogen-bond acceptors (Lipinski definition) is 8. The lowest BCUT2D eigenvalue weighted by atomic mass is 9.76. The van der Waals surface area contributed by atoms with E-state index in [4.69, 9.17) is 14.2 Å². The van der Waals surface area contributed by atoms with Crippen LogP contribution < -0.4 is 10.2 Å². The average molecular weight is 604 g/mol. The third-order valence-corrected chi connectivity index (χ3v) is 8.50. The van der Waals surface area contributed by atoms with E-state index in [2.05, 4.69) is 10.3 Å². The zero-order valence-corrected chi connectivity index (χ0v) is 24.6. The van der Waals surface area contributed by atoms with Gasteiger partial charge in [-0.3, -0.25) is 4.79 Å². The molecule has 1 N–H and O–H groups in total. The van der Waals surface area contributed by atoms with Gasteiger partial charge < -0.3 is 33.7 Å². The number of pyridine rings is 1. The summed E-state index contributed by atoms with van der Waals surface area (Å²) in [6.07, 6.45) is -2.61. The van der Waals surface area contributed by atoms with Crippen LogP contribution in [0.3, 0.4) is 0 Å². The highest BCUT2D eigenvalue weighted by Crippen LogP contribution is 2.36. The summed E-state index contributed by atoms with van der Waals surface area (Å²) in [5, 5.41) is 3.35. The number of aromatic nitrogens is 2. The molecule has 0 saturated carbocycles. The van der Waals surface area contributed by atoms with Gasteiger partial charge in [0.2, 0.25) is 0 Å². The molecule has 43 heavy (non-hydrogen) atoms. The number of piperidine rings is 1. The van der Waals surface area contributed by atoms with Gasteiger partial charge >= 0.3 is 12.1 Å². The van der Waals surface area contributed by atoms with Crippen molar-refractivity contribution in [3.8, 4) is 0 Å². The van der Waals surface area contributed by atoms with Crippen molar-refractivity contribution in [3.63, 3.8) is 0 Å². The van der Waals surface area contributed by atoms with Gasteiger partial charge in [-0.1, -0.05) is 24.3 Å². The summed E-state index contributed by atoms with van der Waals surface area (Å²) >= 11 is 0. The first-order valence-corrected chi connectivity index (χ1v) is 14.1. The Balaban J connectivity index is 1.45. The molecule has 3 atom stereocenters. The number of anilines is 1. The average Bonchev–Trinajstić information content (AvgIpc) is 3.43. The van der Waals surface area contributed by atoms with E-state index in [1.165, 1.54) is 4.90 Å². The minimum absolute atomic E-state index is 0.125. The highest BCUT2D eigenvalue weighted by molar-refractivity contribution is 5.93. The third kappa shape index (κ3) is 6.20. The minimum Gasteiger partial charge on any atom is -0.452 e. The molecule has 2 aliphatic rings. The monoisotopic (exact) mass is 603 g/mol. The Morgan fingerprint density at radius 2 is 1.95 bits per heavy atom. The molecule has 2 aliphatic heterocycles. The predicted octanol–water partition coefficient (Wildman–Crippen LogP) is 3.53. The molecule has 232 valence electrons. The number of hydrogen-bond donors (Lipinski definition) is 1. The number of benzene rings is 1. The van der Waals surface area contributed by atoms with E-state index in [-0.39, 0.29) is 31.3 Å². The van der Waals surface area contributed by atoms with Crippen LogP contribution in [0.4, 0.5) is 18.9 Å². The van der Waals surface area contributed by atoms with E-state index in [0.717, 1.165) is 22.4 Å². The third-order valence-electron chi connectivity index (χ3n) is 8.50. The van der Waals surface area contributed by atoms with Crippen LogP contribution in [-0.4, -0.2) is 91.5 Å². The molecule has 3 aromatic rings. The van der Waals surface area contributed by atoms with Crippen LogP contribution in [0.5, 0.6) is 0 Å². The molecule has 4 heterocycles. The second kappa shape index (κ2) is 12.1. The number of likely N-dealkylation sites (tertiary alicyclic amines) is 1. The van der Waals surface area contributed by atoms with Gasteiger partial charge in [-0.15, -0.1) is 0 Å². The standard InChI is InChI=1S/C30H36F3N5O5/c1-19(42-4)23-13-22(36(2)11-12-41-3)16-38-17-24(35-26(23)38)27(39)37-10-9-29(25(18-37)43-28(40)30(31,32)33)14-20-7-5-6-8-21(20)15-34-29/h5-8,13,16-17,19,25,34H,9-12,14-15,18H2,1-4H3/t19-,25-,29+/m1/s1. The van der Waals surface area contributed by atoms with Gasteiger partial charge in [0.1, 0.15) is 17.4 Å². The number of esters is 1. The van der Waals surface area contributed by atoms with Gasteiger partial charge in [0.15, 0.2) is 0 Å². The second-order valence-corrected chi connectivity index (χ2v) is 11.2. The van der Waals surface area contributed by atoms with E-state index < -0.39 is 29.7 Å². The van der Waals surface area contributed by atoms with Crippen molar-refractivity contribution in [1.82, 2.24) is 19.6 Å². The molecule has 0 unspecified atom stereocenters. The molecule has 1 spiro atoms. The Labute approximate surface area is 247 Å². The molecular formula is C30H36F3N5O5. The number of nitrogens with one attached hydrogen (secondary N) is 1. The maximum atomic E-state index is 13.8. The molecule has 0 aliphatic carbocycles. The Bertz CT molecular complexity index is 1490. The quantitative estimate of drug-likeness (QED) is 0.391. The largest absolute Gasteiger partial charge is 0.490 e. The van der Waals surface area contributed by atoms with Crippen molar-refractivity contribution < 1.29 is 37.0 Å². The van der Waals surface area contributed by atoms with Crippen molar-refractivity contribution >= 4 is 23.2 Å². The molecule has 0 radical (unpaired) electrons. The lowest BCUT2D eigenvalue weighted by Crippen LogP contribution is -2.67. The number of imidazole rings is 1. The summed E-state index contributed by atoms with van der Waals surface area (Å²) in [4.78, 5) is 33.9. The highest BCUT2D eigenvalue weighted by atomic mass is 19.4. The van der Waals surface area contributed by atoms with Gasteiger partial charge in [0.05, 0.1) is 30.5 Å². The number of carbonyl (C=O) groups excluding carboxylic acids is 2. The molecule has 0 bridgehead atoms. The van der Waals surface area contributed by atoms with Gasteiger partial charge in [0, 0.05) is 58.9 Å². The van der Waals surface area contributed by atoms with Crippen molar-refractivity contribution in [2.24, 2.45) is 0 Å². The first-order valence-electron chi connectivity index (χ1n) is 14.1. The summed E-state index contributed by atoms with van der Waals surface area (Å²) < 4.78 is 57.6. The van der Waals surface area contributed by atoms with Crippen LogP contribution in [0.1, 0.15) is 46.6 Å². The fourth-order valence-corrected chi connectivity index (χ4v) is 5.84. The fraction of sp³-hybridized carbons (Fsp3) is 0.500. The van der Waals surface area contributed by atoms with Crippen LogP contribution in [0.25, 0.3) is 5.65 Å². The van der Waals surface area contributed by atoms with Gasteiger partial charge in [-0.05, 0) is 37.0 Å². The molecule has 13 heteroatoms. The summed E-state index contributed by atoms with van der Waals surface area (Å²) in [6.45, 7) is 3.48. The molecular weight excluding hydrogens is 567 g/mol. The topological polar surface area (TPSA) is 97.6 Å². The van der Waals surface area contributed by atoms with Crippen LogP contribution >= 0.6 is 0 Å². The van der Waals surface area contributed by atoms with Crippen molar-refractivity contribution in [2.75, 3.05) is 52.4 Å². The number of ether oxygens (including phenoxy) is 3. The van der Waals surface area contributed by atoms with Crippen LogP contribution in [0.15, 0.2) is 42.7 Å². The lowest BCUT2D eigenvalue weighted by Gasteiger charge is -2.49. The summed E-state index contributed by atoms with van der Waals surface area (Å²) in [5.74, 6) is -2.74. The summed E-state index contributed by atoms with van der Waals surface area (Å²) in [5.41, 5.74) is 3.34. The maximum Gasteiger partial charge on any atom is 0.490 e. The van der Waals surface area contributed by atoms with Crippen LogP contribution in [0.2, 0.25) is 0 Å². The Morgan fingerprint density at radius 3 is 2.65 bits per heavy atom. The number of fused-ring (bicyclic) bond motifs is 2. The molecule has 2 aromatic heterocycles. The predicted molar refractivity (Wildman–Crippen MR) is 152 cm³/mol. The highest BCUT2D eigenvalue weighted by Gasteiger charge is 2.51.